The molecule has 0 amide bonds. The van der Waals surface area contributed by atoms with E-state index in [1.54, 1.807) is 13.8 Å². The van der Waals surface area contributed by atoms with E-state index < -0.39 is 15.2 Å². The van der Waals surface area contributed by atoms with Gasteiger partial charge in [-0.25, -0.2) is 0 Å². The molecular formula is C9H9BN2O4. The van der Waals surface area contributed by atoms with E-state index in [2.05, 4.69) is 0 Å². The van der Waals surface area contributed by atoms with Crippen molar-refractivity contribution >= 4 is 19.2 Å². The Morgan fingerprint density at radius 2 is 1.75 bits per heavy atom. The fourth-order valence-corrected chi connectivity index (χ4v) is 1.33. The standard InChI is InChI=1S/C9H9BN2O4/c1-9(2,10)7-4-3-6(11(13)14)5-8(7)12(15)16/h3-5H,1-2H3. The number of non-ortho nitro benzene ring substituents is 1. The number of rotatable bonds is 3. The van der Waals surface area contributed by atoms with Gasteiger partial charge in [0.15, 0.2) is 0 Å². The van der Waals surface area contributed by atoms with Crippen molar-refractivity contribution in [2.75, 3.05) is 0 Å². The monoisotopic (exact) mass is 220 g/mol. The average molecular weight is 220 g/mol. The third kappa shape index (κ3) is 2.36. The van der Waals surface area contributed by atoms with Gasteiger partial charge in [0.2, 0.25) is 0 Å². The van der Waals surface area contributed by atoms with Crippen LogP contribution in [0.4, 0.5) is 11.4 Å². The molecule has 6 nitrogen and oxygen atoms in total. The lowest BCUT2D eigenvalue weighted by Gasteiger charge is -2.18. The molecule has 16 heavy (non-hydrogen) atoms. The molecule has 1 rings (SSSR count). The Kier molecular flexibility index (Phi) is 2.98. The molecule has 7 heteroatoms. The molecule has 0 saturated heterocycles. The van der Waals surface area contributed by atoms with Gasteiger partial charge in [0.1, 0.15) is 0 Å². The second-order valence-electron chi connectivity index (χ2n) is 3.94. The van der Waals surface area contributed by atoms with Crippen LogP contribution < -0.4 is 0 Å². The predicted molar refractivity (Wildman–Crippen MR) is 58.5 cm³/mol. The van der Waals surface area contributed by atoms with Gasteiger partial charge >= 0.3 is 0 Å². The number of hydrogen-bond donors (Lipinski definition) is 0. The van der Waals surface area contributed by atoms with E-state index in [4.69, 9.17) is 7.85 Å². The third-order valence-electron chi connectivity index (χ3n) is 2.08. The lowest BCUT2D eigenvalue weighted by molar-refractivity contribution is -0.394. The zero-order valence-corrected chi connectivity index (χ0v) is 8.84. The summed E-state index contributed by atoms with van der Waals surface area (Å²) in [5.41, 5.74) is -0.385. The number of nitro benzene ring substituents is 2. The first-order chi connectivity index (χ1) is 7.23. The van der Waals surface area contributed by atoms with Crippen molar-refractivity contribution in [3.63, 3.8) is 0 Å². The van der Waals surface area contributed by atoms with Crippen molar-refractivity contribution in [2.45, 2.75) is 19.2 Å². The van der Waals surface area contributed by atoms with E-state index in [1.807, 2.05) is 0 Å². The molecule has 0 aliphatic rings. The van der Waals surface area contributed by atoms with Gasteiger partial charge in [-0.1, -0.05) is 13.8 Å². The van der Waals surface area contributed by atoms with E-state index in [0.717, 1.165) is 6.07 Å². The van der Waals surface area contributed by atoms with Gasteiger partial charge in [0, 0.05) is 11.6 Å². The van der Waals surface area contributed by atoms with Crippen LogP contribution >= 0.6 is 0 Å². The molecule has 0 aliphatic carbocycles. The summed E-state index contributed by atoms with van der Waals surface area (Å²) >= 11 is 0. The topological polar surface area (TPSA) is 86.3 Å². The SMILES string of the molecule is [B]C(C)(C)c1ccc([N+](=O)[O-])cc1[N+](=O)[O-]. The maximum absolute atomic E-state index is 10.8. The highest BCUT2D eigenvalue weighted by atomic mass is 16.6. The Balaban J connectivity index is 3.43. The molecule has 0 aliphatic heterocycles. The molecule has 0 unspecified atom stereocenters. The van der Waals surface area contributed by atoms with Crippen molar-refractivity contribution in [3.8, 4) is 0 Å². The summed E-state index contributed by atoms with van der Waals surface area (Å²) in [6, 6.07) is 3.44. The van der Waals surface area contributed by atoms with E-state index in [9.17, 15) is 20.2 Å². The molecule has 2 radical (unpaired) electrons. The van der Waals surface area contributed by atoms with E-state index in [-0.39, 0.29) is 16.9 Å². The van der Waals surface area contributed by atoms with Crippen LogP contribution in [0.5, 0.6) is 0 Å². The van der Waals surface area contributed by atoms with Crippen molar-refractivity contribution in [1.82, 2.24) is 0 Å². The zero-order chi connectivity index (χ0) is 12.5. The quantitative estimate of drug-likeness (QED) is 0.442. The Morgan fingerprint density at radius 1 is 1.19 bits per heavy atom. The molecular weight excluding hydrogens is 211 g/mol. The van der Waals surface area contributed by atoms with Gasteiger partial charge in [0.25, 0.3) is 11.4 Å². The van der Waals surface area contributed by atoms with E-state index >= 15 is 0 Å². The third-order valence-corrected chi connectivity index (χ3v) is 2.08. The summed E-state index contributed by atoms with van der Waals surface area (Å²) in [6.45, 7) is 3.20. The van der Waals surface area contributed by atoms with Gasteiger partial charge < -0.3 is 0 Å². The van der Waals surface area contributed by atoms with Gasteiger partial charge in [-0.15, -0.1) is 0 Å². The fourth-order valence-electron chi connectivity index (χ4n) is 1.33. The Labute approximate surface area is 93.0 Å². The molecule has 82 valence electrons. The molecule has 0 fully saturated rings. The zero-order valence-electron chi connectivity index (χ0n) is 8.84. The molecule has 0 atom stereocenters. The minimum Gasteiger partial charge on any atom is -0.258 e. The van der Waals surface area contributed by atoms with Crippen molar-refractivity contribution < 1.29 is 9.85 Å². The highest BCUT2D eigenvalue weighted by Crippen LogP contribution is 2.32. The second-order valence-corrected chi connectivity index (χ2v) is 3.94. The smallest absolute Gasteiger partial charge is 0.258 e. The number of benzene rings is 1. The van der Waals surface area contributed by atoms with Crippen LogP contribution in [-0.2, 0) is 5.31 Å². The summed E-state index contributed by atoms with van der Waals surface area (Å²) in [7, 11) is 5.75. The molecule has 0 spiro atoms. The minimum atomic E-state index is -0.919. The van der Waals surface area contributed by atoms with E-state index in [1.165, 1.54) is 12.1 Å². The van der Waals surface area contributed by atoms with Gasteiger partial charge in [0.05, 0.1) is 23.8 Å². The predicted octanol–water partition coefficient (Wildman–Crippen LogP) is 1.91. The van der Waals surface area contributed by atoms with Gasteiger partial charge in [-0.3, -0.25) is 20.2 Å². The maximum atomic E-state index is 10.8. The first-order valence-corrected chi connectivity index (χ1v) is 4.45. The first kappa shape index (κ1) is 12.2. The van der Waals surface area contributed by atoms with Crippen LogP contribution in [0.25, 0.3) is 0 Å². The molecule has 0 heterocycles. The number of nitro groups is 2. The fraction of sp³-hybridized carbons (Fsp3) is 0.333. The van der Waals surface area contributed by atoms with Gasteiger partial charge in [-0.05, 0) is 11.4 Å². The maximum Gasteiger partial charge on any atom is 0.279 e. The van der Waals surface area contributed by atoms with Crippen LogP contribution in [0.15, 0.2) is 18.2 Å². The van der Waals surface area contributed by atoms with Crippen molar-refractivity contribution in [2.24, 2.45) is 0 Å². The molecule has 0 saturated carbocycles. The van der Waals surface area contributed by atoms with Crippen LogP contribution in [0, 0.1) is 20.2 Å². The second kappa shape index (κ2) is 3.92. The highest BCUT2D eigenvalue weighted by molar-refractivity contribution is 6.15. The van der Waals surface area contributed by atoms with Crippen LogP contribution in [0.1, 0.15) is 19.4 Å². The van der Waals surface area contributed by atoms with Crippen LogP contribution in [0.2, 0.25) is 0 Å². The summed E-state index contributed by atoms with van der Waals surface area (Å²) in [6.07, 6.45) is 0. The summed E-state index contributed by atoms with van der Waals surface area (Å²) < 4.78 is 0. The average Bonchev–Trinajstić information content (AvgIpc) is 2.15. The summed E-state index contributed by atoms with van der Waals surface area (Å²) in [5, 5.41) is 20.3. The first-order valence-electron chi connectivity index (χ1n) is 4.45. The highest BCUT2D eigenvalue weighted by Gasteiger charge is 2.26. The lowest BCUT2D eigenvalue weighted by Crippen LogP contribution is -2.18. The number of hydrogen-bond acceptors (Lipinski definition) is 4. The molecule has 1 aromatic carbocycles. The van der Waals surface area contributed by atoms with Crippen molar-refractivity contribution in [1.29, 1.82) is 0 Å². The number of nitrogens with zero attached hydrogens (tertiary/aromatic N) is 2. The molecule has 0 aromatic heterocycles. The summed E-state index contributed by atoms with van der Waals surface area (Å²) in [5.74, 6) is 0. The largest absolute Gasteiger partial charge is 0.279 e. The molecule has 0 N–H and O–H groups in total. The Bertz CT molecular complexity index is 453. The Morgan fingerprint density at radius 3 is 2.12 bits per heavy atom. The molecule has 0 bridgehead atoms. The summed E-state index contributed by atoms with van der Waals surface area (Å²) in [4.78, 5) is 19.9. The minimum absolute atomic E-state index is 0.267. The van der Waals surface area contributed by atoms with Crippen LogP contribution in [-0.4, -0.2) is 17.7 Å². The van der Waals surface area contributed by atoms with Crippen molar-refractivity contribution in [3.05, 3.63) is 44.0 Å². The molecule has 1 aromatic rings. The van der Waals surface area contributed by atoms with Gasteiger partial charge in [-0.2, -0.15) is 0 Å². The Hall–Kier alpha value is -1.92. The normalized spacial score (nSPS) is 11.1. The lowest BCUT2D eigenvalue weighted by atomic mass is 9.67. The van der Waals surface area contributed by atoms with E-state index in [0.29, 0.717) is 0 Å². The van der Waals surface area contributed by atoms with Crippen LogP contribution in [0.3, 0.4) is 0 Å².